The van der Waals surface area contributed by atoms with Gasteiger partial charge in [-0.25, -0.2) is 0 Å². The topological polar surface area (TPSA) is 29.5 Å². The molecular weight excluding hydrogens is 250 g/mol. The number of ether oxygens (including phenoxy) is 1. The predicted molar refractivity (Wildman–Crippen MR) is 72.0 cm³/mol. The summed E-state index contributed by atoms with van der Waals surface area (Å²) in [7, 11) is 1.67. The number of benzene rings is 1. The minimum absolute atomic E-state index is 0.0110. The molecule has 3 nitrogen and oxygen atoms in total. The highest BCUT2D eigenvalue weighted by molar-refractivity contribution is 6.27. The molecule has 0 N–H and O–H groups in total. The molecule has 1 aromatic carbocycles. The van der Waals surface area contributed by atoms with Crippen molar-refractivity contribution < 1.29 is 9.53 Å². The molecule has 0 unspecified atom stereocenters. The third-order valence-electron chi connectivity index (χ3n) is 3.51. The number of amides is 1. The lowest BCUT2D eigenvalue weighted by atomic mass is 9.85. The van der Waals surface area contributed by atoms with Gasteiger partial charge in [0.15, 0.2) is 0 Å². The summed E-state index contributed by atoms with van der Waals surface area (Å²) in [4.78, 5) is 13.7. The monoisotopic (exact) mass is 267 g/mol. The Labute approximate surface area is 113 Å². The largest absolute Gasteiger partial charge is 0.497 e. The second-order valence-electron chi connectivity index (χ2n) is 5.24. The van der Waals surface area contributed by atoms with Gasteiger partial charge < -0.3 is 9.64 Å². The number of hydrogen-bond acceptors (Lipinski definition) is 2. The molecule has 4 heteroatoms. The number of carbonyl (C=O) groups is 1. The smallest absolute Gasteiger partial charge is 0.238 e. The minimum atomic E-state index is -0.203. The van der Waals surface area contributed by atoms with E-state index in [2.05, 4.69) is 19.9 Å². The zero-order valence-corrected chi connectivity index (χ0v) is 11.8. The van der Waals surface area contributed by atoms with Gasteiger partial charge in [-0.15, -0.1) is 11.6 Å². The summed E-state index contributed by atoms with van der Waals surface area (Å²) in [5.41, 5.74) is 2.22. The van der Waals surface area contributed by atoms with E-state index in [0.29, 0.717) is 6.54 Å². The molecule has 2 rings (SSSR count). The van der Waals surface area contributed by atoms with Gasteiger partial charge >= 0.3 is 0 Å². The van der Waals surface area contributed by atoms with Crippen molar-refractivity contribution in [2.75, 3.05) is 13.0 Å². The van der Waals surface area contributed by atoms with Crippen molar-refractivity contribution in [2.24, 2.45) is 0 Å². The van der Waals surface area contributed by atoms with E-state index in [1.54, 1.807) is 7.11 Å². The first-order valence-electron chi connectivity index (χ1n) is 6.00. The van der Waals surface area contributed by atoms with Crippen molar-refractivity contribution >= 4 is 17.5 Å². The van der Waals surface area contributed by atoms with Crippen molar-refractivity contribution in [2.45, 2.75) is 32.4 Å². The zero-order chi connectivity index (χ0) is 13.3. The van der Waals surface area contributed by atoms with Gasteiger partial charge in [0.2, 0.25) is 5.91 Å². The highest BCUT2D eigenvalue weighted by atomic mass is 35.5. The summed E-state index contributed by atoms with van der Waals surface area (Å²) in [5.74, 6) is 0.888. The Morgan fingerprint density at radius 2 is 2.17 bits per heavy atom. The number of nitrogens with zero attached hydrogens (tertiary/aromatic N) is 1. The van der Waals surface area contributed by atoms with E-state index in [4.69, 9.17) is 16.3 Å². The van der Waals surface area contributed by atoms with Gasteiger partial charge in [-0.3, -0.25) is 4.79 Å². The number of halogens is 1. The lowest BCUT2D eigenvalue weighted by molar-refractivity contribution is -0.135. The van der Waals surface area contributed by atoms with Crippen LogP contribution in [0.5, 0.6) is 5.75 Å². The number of hydrogen-bond donors (Lipinski definition) is 0. The summed E-state index contributed by atoms with van der Waals surface area (Å²) in [6.45, 7) is 4.76. The minimum Gasteiger partial charge on any atom is -0.497 e. The summed E-state index contributed by atoms with van der Waals surface area (Å²) < 4.78 is 5.24. The van der Waals surface area contributed by atoms with Crippen LogP contribution in [0.25, 0.3) is 0 Å². The fourth-order valence-electron chi connectivity index (χ4n) is 2.49. The van der Waals surface area contributed by atoms with Crippen LogP contribution in [0.1, 0.15) is 25.0 Å². The third kappa shape index (κ3) is 2.32. The molecule has 1 aromatic rings. The van der Waals surface area contributed by atoms with E-state index in [-0.39, 0.29) is 17.3 Å². The number of carbonyl (C=O) groups excluding carboxylic acids is 1. The van der Waals surface area contributed by atoms with Crippen LogP contribution in [0.2, 0.25) is 0 Å². The molecule has 0 atom stereocenters. The molecule has 1 aliphatic rings. The molecular formula is C14H18ClNO2. The van der Waals surface area contributed by atoms with Crippen LogP contribution in [0.15, 0.2) is 18.2 Å². The van der Waals surface area contributed by atoms with Gasteiger partial charge in [-0.1, -0.05) is 6.07 Å². The van der Waals surface area contributed by atoms with Gasteiger partial charge in [0, 0.05) is 12.1 Å². The third-order valence-corrected chi connectivity index (χ3v) is 3.74. The number of rotatable bonds is 2. The SMILES string of the molecule is COc1ccc2c(c1)CC(C)(C)N(C(=O)CCl)C2. The molecule has 18 heavy (non-hydrogen) atoms. The standard InChI is InChI=1S/C14H18ClNO2/c1-14(2)7-11-6-12(18-3)5-4-10(11)9-16(14)13(17)8-15/h4-6H,7-9H2,1-3H3. The summed E-state index contributed by atoms with van der Waals surface area (Å²) in [6.07, 6.45) is 0.822. The van der Waals surface area contributed by atoms with Crippen LogP contribution >= 0.6 is 11.6 Å². The summed E-state index contributed by atoms with van der Waals surface area (Å²) in [5, 5.41) is 0. The van der Waals surface area contributed by atoms with E-state index in [1.165, 1.54) is 11.1 Å². The molecule has 0 aliphatic carbocycles. The maximum Gasteiger partial charge on any atom is 0.238 e. The molecule has 0 fully saturated rings. The average molecular weight is 268 g/mol. The van der Waals surface area contributed by atoms with Crippen molar-refractivity contribution in [3.8, 4) is 5.75 Å². The maximum absolute atomic E-state index is 11.9. The van der Waals surface area contributed by atoms with Crippen molar-refractivity contribution in [3.63, 3.8) is 0 Å². The second kappa shape index (κ2) is 4.81. The lowest BCUT2D eigenvalue weighted by Gasteiger charge is -2.43. The highest BCUT2D eigenvalue weighted by Crippen LogP contribution is 2.32. The molecule has 0 saturated heterocycles. The molecule has 0 spiro atoms. The molecule has 0 aromatic heterocycles. The van der Waals surface area contributed by atoms with E-state index in [1.807, 2.05) is 17.0 Å². The fraction of sp³-hybridized carbons (Fsp3) is 0.500. The Morgan fingerprint density at radius 3 is 2.78 bits per heavy atom. The first-order chi connectivity index (χ1) is 8.47. The van der Waals surface area contributed by atoms with E-state index < -0.39 is 0 Å². The average Bonchev–Trinajstić information content (AvgIpc) is 2.35. The molecule has 0 radical (unpaired) electrons. The van der Waals surface area contributed by atoms with E-state index in [9.17, 15) is 4.79 Å². The first-order valence-corrected chi connectivity index (χ1v) is 6.53. The number of methoxy groups -OCH3 is 1. The van der Waals surface area contributed by atoms with Crippen LogP contribution in [0.3, 0.4) is 0 Å². The van der Waals surface area contributed by atoms with Crippen molar-refractivity contribution in [1.82, 2.24) is 4.90 Å². The molecule has 98 valence electrons. The Balaban J connectivity index is 2.36. The van der Waals surface area contributed by atoms with Crippen LogP contribution in [0, 0.1) is 0 Å². The Kier molecular flexibility index (Phi) is 3.53. The van der Waals surface area contributed by atoms with Crippen LogP contribution in [-0.2, 0) is 17.8 Å². The van der Waals surface area contributed by atoms with Crippen LogP contribution < -0.4 is 4.74 Å². The van der Waals surface area contributed by atoms with Crippen LogP contribution in [0.4, 0.5) is 0 Å². The molecule has 1 heterocycles. The molecule has 0 saturated carbocycles. The lowest BCUT2D eigenvalue weighted by Crippen LogP contribution is -2.51. The van der Waals surface area contributed by atoms with E-state index >= 15 is 0 Å². The Bertz CT molecular complexity index is 471. The summed E-state index contributed by atoms with van der Waals surface area (Å²) in [6, 6.07) is 6.01. The number of fused-ring (bicyclic) bond motifs is 1. The van der Waals surface area contributed by atoms with Gasteiger partial charge in [0.25, 0.3) is 0 Å². The van der Waals surface area contributed by atoms with Gasteiger partial charge in [0.1, 0.15) is 11.6 Å². The van der Waals surface area contributed by atoms with Crippen molar-refractivity contribution in [1.29, 1.82) is 0 Å². The first kappa shape index (κ1) is 13.2. The molecule has 0 bridgehead atoms. The van der Waals surface area contributed by atoms with Gasteiger partial charge in [0.05, 0.1) is 7.11 Å². The highest BCUT2D eigenvalue weighted by Gasteiger charge is 2.35. The predicted octanol–water partition coefficient (Wildman–Crippen LogP) is 2.60. The fourth-order valence-corrected chi connectivity index (χ4v) is 2.64. The quantitative estimate of drug-likeness (QED) is 0.771. The zero-order valence-electron chi connectivity index (χ0n) is 11.0. The number of alkyl halides is 1. The summed E-state index contributed by atoms with van der Waals surface area (Å²) >= 11 is 5.68. The second-order valence-corrected chi connectivity index (χ2v) is 5.50. The van der Waals surface area contributed by atoms with Crippen molar-refractivity contribution in [3.05, 3.63) is 29.3 Å². The normalized spacial score (nSPS) is 17.2. The Hall–Kier alpha value is -1.22. The van der Waals surface area contributed by atoms with Gasteiger partial charge in [-0.2, -0.15) is 0 Å². The van der Waals surface area contributed by atoms with E-state index in [0.717, 1.165) is 12.2 Å². The molecule has 1 amide bonds. The maximum atomic E-state index is 11.9. The van der Waals surface area contributed by atoms with Crippen LogP contribution in [-0.4, -0.2) is 29.3 Å². The molecule has 1 aliphatic heterocycles. The van der Waals surface area contributed by atoms with Gasteiger partial charge in [-0.05, 0) is 43.5 Å². The Morgan fingerprint density at radius 1 is 1.44 bits per heavy atom.